The zero-order chi connectivity index (χ0) is 24.9. The third-order valence-corrected chi connectivity index (χ3v) is 6.58. The molecule has 0 aromatic heterocycles. The van der Waals surface area contributed by atoms with Crippen molar-refractivity contribution >= 4 is 5.97 Å². The van der Waals surface area contributed by atoms with Crippen LogP contribution in [0, 0.1) is 10.8 Å². The number of aliphatic hydroxyl groups is 1. The summed E-state index contributed by atoms with van der Waals surface area (Å²) < 4.78 is 6.03. The molecule has 0 bridgehead atoms. The Morgan fingerprint density at radius 3 is 1.88 bits per heavy atom. The van der Waals surface area contributed by atoms with Gasteiger partial charge in [-0.1, -0.05) is 101 Å². The fourth-order valence-corrected chi connectivity index (χ4v) is 3.95. The molecular weight excluding hydrogens is 396 g/mol. The molecule has 1 aliphatic carbocycles. The molecule has 1 aromatic carbocycles. The standard InChI is InChI=1S/C29H44O3/c1-25(2,3)19-13-14-23(21(17-19)26(4,5)6)32-24(30)20-15-16-29(31,28(10,11)12)18-22(20)27(7,8)9/h13-17,31H,18H2,1-12H3. The van der Waals surface area contributed by atoms with Gasteiger partial charge < -0.3 is 9.84 Å². The normalized spacial score (nSPS) is 20.5. The van der Waals surface area contributed by atoms with Gasteiger partial charge in [-0.05, 0) is 44.9 Å². The zero-order valence-corrected chi connectivity index (χ0v) is 22.4. The highest BCUT2D eigenvalue weighted by molar-refractivity contribution is 5.95. The van der Waals surface area contributed by atoms with Gasteiger partial charge in [0.05, 0.1) is 11.2 Å². The Kier molecular flexibility index (Phi) is 6.73. The first-order valence-electron chi connectivity index (χ1n) is 11.7. The lowest BCUT2D eigenvalue weighted by Gasteiger charge is -2.43. The molecule has 0 fully saturated rings. The summed E-state index contributed by atoms with van der Waals surface area (Å²) in [7, 11) is 0. The van der Waals surface area contributed by atoms with E-state index in [1.165, 1.54) is 5.56 Å². The second-order valence-corrected chi connectivity index (χ2v) is 13.4. The first-order valence-corrected chi connectivity index (χ1v) is 11.7. The van der Waals surface area contributed by atoms with Crippen LogP contribution in [0.25, 0.3) is 0 Å². The highest BCUT2D eigenvalue weighted by Crippen LogP contribution is 2.46. The number of benzene rings is 1. The molecule has 32 heavy (non-hydrogen) atoms. The number of esters is 1. The van der Waals surface area contributed by atoms with Crippen molar-refractivity contribution in [2.24, 2.45) is 10.8 Å². The predicted molar refractivity (Wildman–Crippen MR) is 134 cm³/mol. The van der Waals surface area contributed by atoms with Gasteiger partial charge in [-0.3, -0.25) is 0 Å². The maximum absolute atomic E-state index is 13.4. The van der Waals surface area contributed by atoms with Gasteiger partial charge >= 0.3 is 5.97 Å². The van der Waals surface area contributed by atoms with Gasteiger partial charge in [0.2, 0.25) is 0 Å². The first-order chi connectivity index (χ1) is 14.2. The summed E-state index contributed by atoms with van der Waals surface area (Å²) in [5, 5.41) is 11.3. The fraction of sp³-hybridized carbons (Fsp3) is 0.621. The molecule has 3 heteroatoms. The Balaban J connectivity index is 2.53. The number of hydrogen-bond acceptors (Lipinski definition) is 3. The molecule has 1 atom stereocenters. The van der Waals surface area contributed by atoms with Crippen LogP contribution in [0.1, 0.15) is 101 Å². The predicted octanol–water partition coefficient (Wildman–Crippen LogP) is 7.27. The van der Waals surface area contributed by atoms with E-state index in [0.29, 0.717) is 17.7 Å². The van der Waals surface area contributed by atoms with Crippen LogP contribution in [-0.2, 0) is 15.6 Å². The fourth-order valence-electron chi connectivity index (χ4n) is 3.95. The van der Waals surface area contributed by atoms with Crippen molar-refractivity contribution in [1.29, 1.82) is 0 Å². The second kappa shape index (κ2) is 8.17. The van der Waals surface area contributed by atoms with E-state index < -0.39 is 5.60 Å². The van der Waals surface area contributed by atoms with Gasteiger partial charge in [0.25, 0.3) is 0 Å². The third kappa shape index (κ3) is 5.54. The monoisotopic (exact) mass is 440 g/mol. The van der Waals surface area contributed by atoms with E-state index in [-0.39, 0.29) is 27.6 Å². The van der Waals surface area contributed by atoms with Crippen LogP contribution < -0.4 is 4.74 Å². The van der Waals surface area contributed by atoms with Crippen molar-refractivity contribution in [1.82, 2.24) is 0 Å². The summed E-state index contributed by atoms with van der Waals surface area (Å²) in [5.74, 6) is 0.234. The summed E-state index contributed by atoms with van der Waals surface area (Å²) in [6.45, 7) is 25.3. The van der Waals surface area contributed by atoms with E-state index in [4.69, 9.17) is 4.74 Å². The minimum Gasteiger partial charge on any atom is -0.423 e. The molecule has 1 unspecified atom stereocenters. The van der Waals surface area contributed by atoms with Gasteiger partial charge in [-0.25, -0.2) is 4.79 Å². The van der Waals surface area contributed by atoms with Crippen molar-refractivity contribution in [3.8, 4) is 5.75 Å². The van der Waals surface area contributed by atoms with Gasteiger partial charge in [0.1, 0.15) is 5.75 Å². The van der Waals surface area contributed by atoms with Crippen molar-refractivity contribution in [3.05, 3.63) is 52.6 Å². The number of hydrogen-bond donors (Lipinski definition) is 1. The minimum atomic E-state index is -1.01. The maximum atomic E-state index is 13.4. The molecule has 1 aliphatic rings. The molecule has 2 rings (SSSR count). The van der Waals surface area contributed by atoms with Crippen molar-refractivity contribution in [3.63, 3.8) is 0 Å². The van der Waals surface area contributed by atoms with E-state index in [9.17, 15) is 9.90 Å². The van der Waals surface area contributed by atoms with Crippen molar-refractivity contribution in [2.75, 3.05) is 0 Å². The van der Waals surface area contributed by atoms with E-state index in [1.54, 1.807) is 12.2 Å². The highest BCUT2D eigenvalue weighted by atomic mass is 16.5. The molecule has 0 spiro atoms. The Bertz CT molecular complexity index is 935. The average Bonchev–Trinajstić information content (AvgIpc) is 2.58. The van der Waals surface area contributed by atoms with E-state index in [1.807, 2.05) is 32.9 Å². The SMILES string of the molecule is CC(C)(C)C1=C(C(=O)Oc2ccc(C(C)(C)C)cc2C(C)(C)C)C=CC(O)(C(C)(C)C)C1. The van der Waals surface area contributed by atoms with Crippen LogP contribution in [0.3, 0.4) is 0 Å². The Morgan fingerprint density at radius 2 is 1.44 bits per heavy atom. The van der Waals surface area contributed by atoms with Crippen molar-refractivity contribution in [2.45, 2.75) is 106 Å². The Labute approximate surface area is 196 Å². The zero-order valence-electron chi connectivity index (χ0n) is 22.4. The Morgan fingerprint density at radius 1 is 0.875 bits per heavy atom. The highest BCUT2D eigenvalue weighted by Gasteiger charge is 2.43. The molecule has 1 aromatic rings. The van der Waals surface area contributed by atoms with Crippen LogP contribution >= 0.6 is 0 Å². The summed E-state index contributed by atoms with van der Waals surface area (Å²) in [6, 6.07) is 6.14. The lowest BCUT2D eigenvalue weighted by molar-refractivity contribution is -0.130. The molecule has 178 valence electrons. The largest absolute Gasteiger partial charge is 0.423 e. The summed E-state index contributed by atoms with van der Waals surface area (Å²) in [5.41, 5.74) is 1.90. The molecule has 0 amide bonds. The summed E-state index contributed by atoms with van der Waals surface area (Å²) >= 11 is 0. The lowest BCUT2D eigenvalue weighted by Crippen LogP contribution is -2.44. The third-order valence-electron chi connectivity index (χ3n) is 6.58. The van der Waals surface area contributed by atoms with Crippen LogP contribution in [0.15, 0.2) is 41.5 Å². The smallest absolute Gasteiger partial charge is 0.343 e. The number of carbonyl (C=O) groups is 1. The average molecular weight is 441 g/mol. The maximum Gasteiger partial charge on any atom is 0.343 e. The van der Waals surface area contributed by atoms with Crippen LogP contribution in [-0.4, -0.2) is 16.7 Å². The van der Waals surface area contributed by atoms with Gasteiger partial charge in [0.15, 0.2) is 0 Å². The molecule has 0 saturated carbocycles. The minimum absolute atomic E-state index is 0.00793. The summed E-state index contributed by atoms with van der Waals surface area (Å²) in [6.07, 6.45) is 3.94. The van der Waals surface area contributed by atoms with Crippen LogP contribution in [0.4, 0.5) is 0 Å². The number of ether oxygens (including phenoxy) is 1. The molecule has 0 aliphatic heterocycles. The second-order valence-electron chi connectivity index (χ2n) is 13.4. The first kappa shape index (κ1) is 26.4. The number of carbonyl (C=O) groups excluding carboxylic acids is 1. The molecule has 1 N–H and O–H groups in total. The molecule has 0 saturated heterocycles. The van der Waals surface area contributed by atoms with E-state index in [0.717, 1.165) is 11.1 Å². The van der Waals surface area contributed by atoms with Gasteiger partial charge in [-0.15, -0.1) is 0 Å². The molecular formula is C29H44O3. The lowest BCUT2D eigenvalue weighted by atomic mass is 9.66. The molecule has 0 radical (unpaired) electrons. The quantitative estimate of drug-likeness (QED) is 0.388. The Hall–Kier alpha value is -1.87. The molecule has 3 nitrogen and oxygen atoms in total. The van der Waals surface area contributed by atoms with Crippen LogP contribution in [0.5, 0.6) is 5.75 Å². The number of rotatable bonds is 2. The molecule has 0 heterocycles. The summed E-state index contributed by atoms with van der Waals surface area (Å²) in [4.78, 5) is 13.4. The van der Waals surface area contributed by atoms with Gasteiger partial charge in [-0.2, -0.15) is 0 Å². The van der Waals surface area contributed by atoms with Crippen molar-refractivity contribution < 1.29 is 14.6 Å². The van der Waals surface area contributed by atoms with E-state index >= 15 is 0 Å². The van der Waals surface area contributed by atoms with E-state index in [2.05, 4.69) is 68.4 Å². The topological polar surface area (TPSA) is 46.5 Å². The van der Waals surface area contributed by atoms with Gasteiger partial charge in [0, 0.05) is 12.0 Å². The van der Waals surface area contributed by atoms with Crippen LogP contribution in [0.2, 0.25) is 0 Å².